The van der Waals surface area contributed by atoms with E-state index in [0.717, 1.165) is 9.13 Å². The van der Waals surface area contributed by atoms with E-state index in [9.17, 15) is 4.79 Å². The lowest BCUT2D eigenvalue weighted by atomic mass is 10.2. The smallest absolute Gasteiger partial charge is 0.329 e. The third-order valence-corrected chi connectivity index (χ3v) is 2.73. The van der Waals surface area contributed by atoms with Crippen molar-refractivity contribution < 1.29 is 19.1 Å². The number of aromatic nitrogens is 2. The molecule has 94 valence electrons. The number of carboxylic acids is 1. The molecular weight excluding hydrogens is 351 g/mol. The van der Waals surface area contributed by atoms with Gasteiger partial charge in [0.2, 0.25) is 11.8 Å². The summed E-state index contributed by atoms with van der Waals surface area (Å²) in [5, 5.41) is 16.1. The van der Waals surface area contributed by atoms with Crippen molar-refractivity contribution in [2.24, 2.45) is 0 Å². The topological polar surface area (TPSA) is 85.5 Å². The average molecular weight is 360 g/mol. The lowest BCUT2D eigenvalue weighted by Gasteiger charge is -1.96. The maximum absolute atomic E-state index is 10.3. The number of ether oxygens (including phenoxy) is 1. The highest BCUT2D eigenvalue weighted by Gasteiger charge is 2.09. The summed E-state index contributed by atoms with van der Waals surface area (Å²) in [6, 6.07) is 7.61. The zero-order valence-corrected chi connectivity index (χ0v) is 11.3. The molecule has 2 aromatic rings. The fraction of sp³-hybridized carbons (Fsp3) is 0.182. The maximum Gasteiger partial charge on any atom is 0.329 e. The number of hydrogen-bond donors (Lipinski definition) is 1. The van der Waals surface area contributed by atoms with Crippen molar-refractivity contribution in [2.45, 2.75) is 6.61 Å². The molecule has 0 fully saturated rings. The lowest BCUT2D eigenvalue weighted by Crippen LogP contribution is -2.06. The van der Waals surface area contributed by atoms with Gasteiger partial charge in [0.25, 0.3) is 0 Å². The molecule has 2 rings (SSSR count). The van der Waals surface area contributed by atoms with Gasteiger partial charge in [-0.15, -0.1) is 10.2 Å². The van der Waals surface area contributed by atoms with E-state index >= 15 is 0 Å². The molecule has 0 unspecified atom stereocenters. The molecule has 0 radical (unpaired) electrons. The van der Waals surface area contributed by atoms with Crippen LogP contribution in [0.5, 0.6) is 0 Å². The molecule has 0 saturated carbocycles. The van der Waals surface area contributed by atoms with Gasteiger partial charge in [0, 0.05) is 9.13 Å². The quantitative estimate of drug-likeness (QED) is 0.821. The summed E-state index contributed by atoms with van der Waals surface area (Å²) < 4.78 is 11.3. The molecule has 0 aliphatic heterocycles. The monoisotopic (exact) mass is 360 g/mol. The Morgan fingerprint density at radius 1 is 1.33 bits per heavy atom. The fourth-order valence-electron chi connectivity index (χ4n) is 1.25. The van der Waals surface area contributed by atoms with E-state index in [1.165, 1.54) is 0 Å². The van der Waals surface area contributed by atoms with Gasteiger partial charge in [-0.1, -0.05) is 0 Å². The van der Waals surface area contributed by atoms with Crippen LogP contribution in [-0.4, -0.2) is 27.9 Å². The molecule has 0 aliphatic carbocycles. The van der Waals surface area contributed by atoms with Crippen LogP contribution in [0.25, 0.3) is 11.5 Å². The minimum Gasteiger partial charge on any atom is -0.480 e. The first-order chi connectivity index (χ1) is 8.65. The van der Waals surface area contributed by atoms with E-state index in [1.54, 1.807) is 0 Å². The van der Waals surface area contributed by atoms with E-state index < -0.39 is 5.97 Å². The van der Waals surface area contributed by atoms with Gasteiger partial charge in [-0.25, -0.2) is 4.79 Å². The van der Waals surface area contributed by atoms with Gasteiger partial charge in [0.1, 0.15) is 13.2 Å². The molecular formula is C11H9IN2O4. The Hall–Kier alpha value is -1.48. The number of carbonyl (C=O) groups is 1. The van der Waals surface area contributed by atoms with Crippen LogP contribution < -0.4 is 0 Å². The number of halogens is 1. The van der Waals surface area contributed by atoms with Crippen molar-refractivity contribution >= 4 is 28.6 Å². The third-order valence-electron chi connectivity index (χ3n) is 2.01. The standard InChI is InChI=1S/C11H9IN2O4/c12-8-3-1-7(2-4-8)11-14-13-9(18-11)5-17-6-10(15)16/h1-4H,5-6H2,(H,15,16). The molecule has 0 spiro atoms. The van der Waals surface area contributed by atoms with Crippen molar-refractivity contribution in [1.29, 1.82) is 0 Å². The second kappa shape index (κ2) is 5.91. The molecule has 18 heavy (non-hydrogen) atoms. The molecule has 7 heteroatoms. The van der Waals surface area contributed by atoms with Gasteiger partial charge >= 0.3 is 5.97 Å². The molecule has 0 aliphatic rings. The highest BCUT2D eigenvalue weighted by Crippen LogP contribution is 2.19. The van der Waals surface area contributed by atoms with Crippen molar-refractivity contribution in [3.8, 4) is 11.5 Å². The normalized spacial score (nSPS) is 10.5. The van der Waals surface area contributed by atoms with Crippen molar-refractivity contribution in [3.63, 3.8) is 0 Å². The third kappa shape index (κ3) is 3.50. The Morgan fingerprint density at radius 3 is 2.72 bits per heavy atom. The highest BCUT2D eigenvalue weighted by molar-refractivity contribution is 14.1. The van der Waals surface area contributed by atoms with Crippen LogP contribution in [0, 0.1) is 3.57 Å². The molecule has 0 atom stereocenters. The first kappa shape index (κ1) is 13.0. The van der Waals surface area contributed by atoms with Crippen LogP contribution in [0.1, 0.15) is 5.89 Å². The van der Waals surface area contributed by atoms with E-state index in [0.29, 0.717) is 5.89 Å². The van der Waals surface area contributed by atoms with Gasteiger partial charge in [0.05, 0.1) is 0 Å². The second-order valence-electron chi connectivity index (χ2n) is 3.39. The van der Waals surface area contributed by atoms with E-state index in [4.69, 9.17) is 14.3 Å². The Labute approximate surface area is 116 Å². The number of rotatable bonds is 5. The summed E-state index contributed by atoms with van der Waals surface area (Å²) >= 11 is 2.20. The Balaban J connectivity index is 2.01. The van der Waals surface area contributed by atoms with Crippen LogP contribution in [-0.2, 0) is 16.1 Å². The minimum absolute atomic E-state index is 0.0102. The van der Waals surface area contributed by atoms with E-state index in [1.807, 2.05) is 24.3 Å². The maximum atomic E-state index is 10.3. The number of hydrogen-bond acceptors (Lipinski definition) is 5. The number of benzene rings is 1. The van der Waals surface area contributed by atoms with Gasteiger partial charge in [-0.05, 0) is 46.9 Å². The summed E-state index contributed by atoms with van der Waals surface area (Å²) in [5.41, 5.74) is 0.812. The van der Waals surface area contributed by atoms with Crippen LogP contribution >= 0.6 is 22.6 Å². The largest absolute Gasteiger partial charge is 0.480 e. The number of carboxylic acid groups (broad SMARTS) is 1. The Morgan fingerprint density at radius 2 is 2.06 bits per heavy atom. The molecule has 0 bridgehead atoms. The molecule has 1 heterocycles. The summed E-state index contributed by atoms with van der Waals surface area (Å²) in [7, 11) is 0. The van der Waals surface area contributed by atoms with Gasteiger partial charge in [-0.3, -0.25) is 0 Å². The summed E-state index contributed by atoms with van der Waals surface area (Å²) in [6.07, 6.45) is 0. The van der Waals surface area contributed by atoms with Gasteiger partial charge in [0.15, 0.2) is 0 Å². The highest BCUT2D eigenvalue weighted by atomic mass is 127. The second-order valence-corrected chi connectivity index (χ2v) is 4.64. The Kier molecular flexibility index (Phi) is 4.26. The summed E-state index contributed by atoms with van der Waals surface area (Å²) in [5.74, 6) is -0.391. The van der Waals surface area contributed by atoms with E-state index in [2.05, 4.69) is 32.8 Å². The fourth-order valence-corrected chi connectivity index (χ4v) is 1.61. The van der Waals surface area contributed by atoms with Gasteiger partial charge in [-0.2, -0.15) is 0 Å². The van der Waals surface area contributed by atoms with Gasteiger partial charge < -0.3 is 14.3 Å². The predicted molar refractivity (Wildman–Crippen MR) is 69.7 cm³/mol. The van der Waals surface area contributed by atoms with Crippen molar-refractivity contribution in [2.75, 3.05) is 6.61 Å². The lowest BCUT2D eigenvalue weighted by molar-refractivity contribution is -0.142. The van der Waals surface area contributed by atoms with E-state index in [-0.39, 0.29) is 19.1 Å². The van der Waals surface area contributed by atoms with Crippen molar-refractivity contribution in [3.05, 3.63) is 33.7 Å². The number of nitrogens with zero attached hydrogens (tertiary/aromatic N) is 2. The number of aliphatic carboxylic acids is 1. The molecule has 0 saturated heterocycles. The first-order valence-corrected chi connectivity index (χ1v) is 6.11. The molecule has 0 amide bonds. The van der Waals surface area contributed by atoms with Crippen LogP contribution in [0.15, 0.2) is 28.7 Å². The summed E-state index contributed by atoms with van der Waals surface area (Å²) in [4.78, 5) is 10.3. The van der Waals surface area contributed by atoms with Crippen LogP contribution in [0.4, 0.5) is 0 Å². The zero-order valence-electron chi connectivity index (χ0n) is 9.17. The summed E-state index contributed by atoms with van der Waals surface area (Å²) in [6.45, 7) is -0.398. The minimum atomic E-state index is -1.03. The first-order valence-electron chi connectivity index (χ1n) is 5.03. The molecule has 1 aromatic carbocycles. The SMILES string of the molecule is O=C(O)COCc1nnc(-c2ccc(I)cc2)o1. The van der Waals surface area contributed by atoms with Crippen molar-refractivity contribution in [1.82, 2.24) is 10.2 Å². The molecule has 1 N–H and O–H groups in total. The van der Waals surface area contributed by atoms with Crippen LogP contribution in [0.3, 0.4) is 0 Å². The average Bonchev–Trinajstić information content (AvgIpc) is 2.78. The zero-order chi connectivity index (χ0) is 13.0. The predicted octanol–water partition coefficient (Wildman–Crippen LogP) is 1.94. The molecule has 6 nitrogen and oxygen atoms in total. The van der Waals surface area contributed by atoms with Crippen LogP contribution in [0.2, 0.25) is 0 Å². The molecule has 1 aromatic heterocycles. The Bertz CT molecular complexity index is 538.